The van der Waals surface area contributed by atoms with E-state index < -0.39 is 0 Å². The van der Waals surface area contributed by atoms with Crippen LogP contribution in [-0.4, -0.2) is 48.6 Å². The van der Waals surface area contributed by atoms with Gasteiger partial charge in [-0.3, -0.25) is 9.69 Å². The Balaban J connectivity index is 1.74. The summed E-state index contributed by atoms with van der Waals surface area (Å²) >= 11 is 0. The zero-order chi connectivity index (χ0) is 13.9. The fraction of sp³-hybridized carbons (Fsp3) is 0.933. The van der Waals surface area contributed by atoms with Crippen molar-refractivity contribution in [1.29, 1.82) is 0 Å². The number of amides is 1. The average Bonchev–Trinajstić information content (AvgIpc) is 2.39. The zero-order valence-corrected chi connectivity index (χ0v) is 12.7. The highest BCUT2D eigenvalue weighted by molar-refractivity contribution is 5.79. The number of rotatable bonds is 2. The molecule has 0 aromatic rings. The second-order valence-electron chi connectivity index (χ2n) is 6.98. The summed E-state index contributed by atoms with van der Waals surface area (Å²) in [5, 5.41) is 6.57. The van der Waals surface area contributed by atoms with E-state index in [-0.39, 0.29) is 17.4 Å². The summed E-state index contributed by atoms with van der Waals surface area (Å²) in [4.78, 5) is 14.7. The molecule has 4 nitrogen and oxygen atoms in total. The molecule has 2 saturated heterocycles. The smallest absolute Gasteiger partial charge is 0.224 e. The van der Waals surface area contributed by atoms with E-state index in [1.807, 2.05) is 0 Å². The third kappa shape index (κ3) is 4.18. The van der Waals surface area contributed by atoms with Crippen molar-refractivity contribution in [2.75, 3.05) is 26.2 Å². The summed E-state index contributed by atoms with van der Waals surface area (Å²) in [7, 11) is 0. The first-order valence-electron chi connectivity index (χ1n) is 7.73. The van der Waals surface area contributed by atoms with Crippen molar-refractivity contribution in [1.82, 2.24) is 15.5 Å². The molecule has 0 aromatic heterocycles. The standard InChI is InChI=1S/C15H29N3O/c1-15(2,3)18-9-6-13(7-10-18)17-14(19)12-5-4-8-16-11-12/h12-13,16H,4-11H2,1-3H3,(H,17,19)/t12-/m0/s1. The lowest BCUT2D eigenvalue weighted by Crippen LogP contribution is -2.52. The van der Waals surface area contributed by atoms with Crippen LogP contribution in [0, 0.1) is 5.92 Å². The molecule has 0 spiro atoms. The Kier molecular flexibility index (Phi) is 4.85. The minimum Gasteiger partial charge on any atom is -0.353 e. The molecule has 0 saturated carbocycles. The van der Waals surface area contributed by atoms with Crippen LogP contribution in [0.3, 0.4) is 0 Å². The van der Waals surface area contributed by atoms with E-state index in [4.69, 9.17) is 0 Å². The maximum absolute atomic E-state index is 12.2. The number of hydrogen-bond acceptors (Lipinski definition) is 3. The van der Waals surface area contributed by atoms with Crippen LogP contribution in [0.5, 0.6) is 0 Å². The van der Waals surface area contributed by atoms with E-state index in [1.165, 1.54) is 0 Å². The lowest BCUT2D eigenvalue weighted by Gasteiger charge is -2.41. The van der Waals surface area contributed by atoms with Crippen LogP contribution in [0.1, 0.15) is 46.5 Å². The first-order valence-corrected chi connectivity index (χ1v) is 7.73. The predicted octanol–water partition coefficient (Wildman–Crippen LogP) is 1.37. The van der Waals surface area contributed by atoms with Crippen LogP contribution >= 0.6 is 0 Å². The molecule has 2 aliphatic rings. The van der Waals surface area contributed by atoms with Gasteiger partial charge < -0.3 is 10.6 Å². The van der Waals surface area contributed by atoms with Gasteiger partial charge in [0.05, 0.1) is 5.92 Å². The second-order valence-corrected chi connectivity index (χ2v) is 6.98. The Morgan fingerprint density at radius 1 is 1.21 bits per heavy atom. The van der Waals surface area contributed by atoms with Gasteiger partial charge in [-0.25, -0.2) is 0 Å². The Morgan fingerprint density at radius 3 is 2.42 bits per heavy atom. The fourth-order valence-corrected chi connectivity index (χ4v) is 3.09. The molecule has 0 unspecified atom stereocenters. The number of hydrogen-bond donors (Lipinski definition) is 2. The maximum atomic E-state index is 12.2. The van der Waals surface area contributed by atoms with Crippen molar-refractivity contribution >= 4 is 5.91 Å². The van der Waals surface area contributed by atoms with Crippen molar-refractivity contribution in [2.24, 2.45) is 5.92 Å². The van der Waals surface area contributed by atoms with Gasteiger partial charge in [0.2, 0.25) is 5.91 Å². The number of piperidine rings is 2. The summed E-state index contributed by atoms with van der Waals surface area (Å²) in [5.74, 6) is 0.454. The highest BCUT2D eigenvalue weighted by Crippen LogP contribution is 2.20. The molecule has 0 aromatic carbocycles. The van der Waals surface area contributed by atoms with Gasteiger partial charge in [-0.2, -0.15) is 0 Å². The van der Waals surface area contributed by atoms with Gasteiger partial charge in [-0.05, 0) is 53.0 Å². The quantitative estimate of drug-likeness (QED) is 0.794. The van der Waals surface area contributed by atoms with Crippen LogP contribution in [-0.2, 0) is 4.79 Å². The molecule has 2 fully saturated rings. The Bertz CT molecular complexity index is 297. The van der Waals surface area contributed by atoms with E-state index in [2.05, 4.69) is 36.3 Å². The normalized spacial score (nSPS) is 27.2. The maximum Gasteiger partial charge on any atom is 0.224 e. The van der Waals surface area contributed by atoms with E-state index in [9.17, 15) is 4.79 Å². The van der Waals surface area contributed by atoms with Crippen LogP contribution in [0.25, 0.3) is 0 Å². The average molecular weight is 267 g/mol. The third-order valence-corrected chi connectivity index (χ3v) is 4.46. The largest absolute Gasteiger partial charge is 0.353 e. The van der Waals surface area contributed by atoms with Crippen LogP contribution in [0.4, 0.5) is 0 Å². The van der Waals surface area contributed by atoms with Crippen molar-refractivity contribution in [3.63, 3.8) is 0 Å². The van der Waals surface area contributed by atoms with Gasteiger partial charge in [0.15, 0.2) is 0 Å². The molecule has 0 aliphatic carbocycles. The molecule has 2 N–H and O–H groups in total. The van der Waals surface area contributed by atoms with Crippen molar-refractivity contribution in [3.05, 3.63) is 0 Å². The number of nitrogens with one attached hydrogen (secondary N) is 2. The molecular weight excluding hydrogens is 238 g/mol. The molecule has 2 aliphatic heterocycles. The van der Waals surface area contributed by atoms with Crippen molar-refractivity contribution in [2.45, 2.75) is 58.0 Å². The minimum atomic E-state index is 0.189. The van der Waals surface area contributed by atoms with Crippen LogP contribution < -0.4 is 10.6 Å². The minimum absolute atomic E-state index is 0.189. The Morgan fingerprint density at radius 2 is 1.89 bits per heavy atom. The highest BCUT2D eigenvalue weighted by atomic mass is 16.2. The topological polar surface area (TPSA) is 44.4 Å². The first kappa shape index (κ1) is 14.8. The summed E-state index contributed by atoms with van der Waals surface area (Å²) < 4.78 is 0. The zero-order valence-electron chi connectivity index (χ0n) is 12.7. The summed E-state index contributed by atoms with van der Waals surface area (Å²) in [6, 6.07) is 0.382. The SMILES string of the molecule is CC(C)(C)N1CCC(NC(=O)[C@H]2CCCNC2)CC1. The lowest BCUT2D eigenvalue weighted by molar-refractivity contribution is -0.126. The number of nitrogens with zero attached hydrogens (tertiary/aromatic N) is 1. The molecule has 0 bridgehead atoms. The number of carbonyl (C=O) groups excluding carboxylic acids is 1. The molecule has 4 heteroatoms. The molecule has 19 heavy (non-hydrogen) atoms. The van der Waals surface area contributed by atoms with Gasteiger partial charge >= 0.3 is 0 Å². The molecular formula is C15H29N3O. The monoisotopic (exact) mass is 267 g/mol. The van der Waals surface area contributed by atoms with Crippen LogP contribution in [0.15, 0.2) is 0 Å². The van der Waals surface area contributed by atoms with Crippen molar-refractivity contribution in [3.8, 4) is 0 Å². The molecule has 1 amide bonds. The van der Waals surface area contributed by atoms with Gasteiger partial charge in [-0.1, -0.05) is 0 Å². The molecule has 110 valence electrons. The summed E-state index contributed by atoms with van der Waals surface area (Å²) in [6.45, 7) is 10.9. The third-order valence-electron chi connectivity index (χ3n) is 4.46. The number of likely N-dealkylation sites (tertiary alicyclic amines) is 1. The predicted molar refractivity (Wildman–Crippen MR) is 78.1 cm³/mol. The first-order chi connectivity index (χ1) is 8.97. The van der Waals surface area contributed by atoms with E-state index in [0.717, 1.165) is 51.9 Å². The summed E-state index contributed by atoms with van der Waals surface area (Å²) in [6.07, 6.45) is 4.34. The van der Waals surface area contributed by atoms with Crippen LogP contribution in [0.2, 0.25) is 0 Å². The van der Waals surface area contributed by atoms with E-state index in [1.54, 1.807) is 0 Å². The fourth-order valence-electron chi connectivity index (χ4n) is 3.09. The molecule has 1 atom stereocenters. The highest BCUT2D eigenvalue weighted by Gasteiger charge is 2.29. The second kappa shape index (κ2) is 6.23. The molecule has 0 radical (unpaired) electrons. The van der Waals surface area contributed by atoms with Gasteiger partial charge in [0, 0.05) is 31.2 Å². The Hall–Kier alpha value is -0.610. The van der Waals surface area contributed by atoms with Gasteiger partial charge in [-0.15, -0.1) is 0 Å². The number of carbonyl (C=O) groups is 1. The van der Waals surface area contributed by atoms with Crippen molar-refractivity contribution < 1.29 is 4.79 Å². The van der Waals surface area contributed by atoms with Gasteiger partial charge in [0.1, 0.15) is 0 Å². The van der Waals surface area contributed by atoms with E-state index >= 15 is 0 Å². The van der Waals surface area contributed by atoms with E-state index in [0.29, 0.717) is 6.04 Å². The molecule has 2 rings (SSSR count). The Labute approximate surface area is 117 Å². The summed E-state index contributed by atoms with van der Waals surface area (Å²) in [5.41, 5.74) is 0.252. The van der Waals surface area contributed by atoms with Gasteiger partial charge in [0.25, 0.3) is 0 Å². The lowest BCUT2D eigenvalue weighted by atomic mass is 9.95. The molecule has 2 heterocycles.